The highest BCUT2D eigenvalue weighted by Crippen LogP contribution is 2.23. The van der Waals surface area contributed by atoms with E-state index in [2.05, 4.69) is 20.4 Å². The molecule has 0 spiro atoms. The van der Waals surface area contributed by atoms with E-state index in [0.717, 1.165) is 5.56 Å². The number of carbonyl (C=O) groups excluding carboxylic acids is 1. The van der Waals surface area contributed by atoms with Crippen LogP contribution in [0.4, 0.5) is 10.5 Å². The molecule has 1 heterocycles. The number of hydrogen-bond acceptors (Lipinski definition) is 5. The molecule has 2 N–H and O–H groups in total. The predicted molar refractivity (Wildman–Crippen MR) is 102 cm³/mol. The van der Waals surface area contributed by atoms with E-state index in [-0.39, 0.29) is 5.75 Å². The van der Waals surface area contributed by atoms with Gasteiger partial charge in [0, 0.05) is 32.4 Å². The molecule has 0 aromatic heterocycles. The van der Waals surface area contributed by atoms with Gasteiger partial charge in [-0.1, -0.05) is 12.1 Å². The van der Waals surface area contributed by atoms with E-state index >= 15 is 0 Å². The van der Waals surface area contributed by atoms with Gasteiger partial charge in [0.15, 0.2) is 15.8 Å². The lowest BCUT2D eigenvalue weighted by atomic mass is 10.2. The molecule has 0 saturated carbocycles. The molecule has 1 amide bonds. The highest BCUT2D eigenvalue weighted by molar-refractivity contribution is 7.92. The van der Waals surface area contributed by atoms with Gasteiger partial charge in [0.2, 0.25) is 0 Å². The number of amides is 1. The van der Waals surface area contributed by atoms with Gasteiger partial charge in [-0.15, -0.1) is 0 Å². The van der Waals surface area contributed by atoms with Gasteiger partial charge in [-0.25, -0.2) is 13.2 Å². The molecule has 2 rings (SSSR count). The van der Waals surface area contributed by atoms with Crippen molar-refractivity contribution in [2.75, 3.05) is 38.3 Å². The van der Waals surface area contributed by atoms with Crippen molar-refractivity contribution in [1.29, 1.82) is 0 Å². The third-order valence-corrected chi connectivity index (χ3v) is 6.92. The van der Waals surface area contributed by atoms with Gasteiger partial charge >= 0.3 is 6.09 Å². The first kappa shape index (κ1) is 20.0. The van der Waals surface area contributed by atoms with Crippen LogP contribution >= 0.6 is 0 Å². The van der Waals surface area contributed by atoms with Crippen molar-refractivity contribution in [2.45, 2.75) is 25.1 Å². The minimum Gasteiger partial charge on any atom is -0.453 e. The summed E-state index contributed by atoms with van der Waals surface area (Å²) in [6, 6.07) is 7.34. The number of anilines is 1. The van der Waals surface area contributed by atoms with E-state index in [1.54, 1.807) is 33.0 Å². The summed E-state index contributed by atoms with van der Waals surface area (Å²) in [6.45, 7) is 4.85. The first-order valence-electron chi connectivity index (χ1n) is 8.30. The molecule has 8 nitrogen and oxygen atoms in total. The van der Waals surface area contributed by atoms with Crippen LogP contribution in [0.1, 0.15) is 19.4 Å². The summed E-state index contributed by atoms with van der Waals surface area (Å²) in [5.74, 6) is 0.791. The molecule has 144 valence electrons. The molecule has 1 aliphatic heterocycles. The van der Waals surface area contributed by atoms with Gasteiger partial charge in [0.25, 0.3) is 0 Å². The molecule has 0 unspecified atom stereocenters. The Bertz CT molecular complexity index is 772. The topological polar surface area (TPSA) is 100 Å². The Morgan fingerprint density at radius 1 is 1.31 bits per heavy atom. The normalized spacial score (nSPS) is 18.9. The van der Waals surface area contributed by atoms with Gasteiger partial charge < -0.3 is 15.0 Å². The van der Waals surface area contributed by atoms with Crippen molar-refractivity contribution in [1.82, 2.24) is 10.2 Å². The monoisotopic (exact) mass is 382 g/mol. The fourth-order valence-corrected chi connectivity index (χ4v) is 4.08. The molecule has 0 atom stereocenters. The summed E-state index contributed by atoms with van der Waals surface area (Å²) in [5, 5.41) is 5.85. The lowest BCUT2D eigenvalue weighted by Crippen LogP contribution is -2.57. The SMILES string of the molecule is CN=C(NCc1ccc(NC(=O)OC)cc1)N1CCS(=O)(=O)C(C)(C)C1. The number of methoxy groups -OCH3 is 1. The lowest BCUT2D eigenvalue weighted by Gasteiger charge is -2.39. The maximum atomic E-state index is 12.1. The largest absolute Gasteiger partial charge is 0.453 e. The maximum absolute atomic E-state index is 12.1. The summed E-state index contributed by atoms with van der Waals surface area (Å²) >= 11 is 0. The van der Waals surface area contributed by atoms with E-state index in [4.69, 9.17) is 0 Å². The van der Waals surface area contributed by atoms with E-state index in [9.17, 15) is 13.2 Å². The zero-order valence-electron chi connectivity index (χ0n) is 15.6. The van der Waals surface area contributed by atoms with Crippen LogP contribution in [0.25, 0.3) is 0 Å². The molecule has 9 heteroatoms. The quantitative estimate of drug-likeness (QED) is 0.606. The Morgan fingerprint density at radius 2 is 1.96 bits per heavy atom. The van der Waals surface area contributed by atoms with Gasteiger partial charge in [-0.3, -0.25) is 10.3 Å². The molecule has 1 saturated heterocycles. The Morgan fingerprint density at radius 3 is 2.50 bits per heavy atom. The van der Waals surface area contributed by atoms with Crippen molar-refractivity contribution in [2.24, 2.45) is 4.99 Å². The van der Waals surface area contributed by atoms with E-state index in [0.29, 0.717) is 31.3 Å². The molecule has 1 aromatic rings. The molecule has 0 radical (unpaired) electrons. The number of sulfone groups is 1. The minimum absolute atomic E-state index is 0.120. The number of nitrogens with zero attached hydrogens (tertiary/aromatic N) is 2. The maximum Gasteiger partial charge on any atom is 0.411 e. The number of ether oxygens (including phenoxy) is 1. The summed E-state index contributed by atoms with van der Waals surface area (Å²) in [4.78, 5) is 17.4. The van der Waals surface area contributed by atoms with Crippen molar-refractivity contribution in [3.63, 3.8) is 0 Å². The molecule has 26 heavy (non-hydrogen) atoms. The Labute approximate surface area is 154 Å². The third kappa shape index (κ3) is 4.66. The molecule has 0 bridgehead atoms. The zero-order chi connectivity index (χ0) is 19.4. The lowest BCUT2D eigenvalue weighted by molar-refractivity contribution is 0.187. The van der Waals surface area contributed by atoms with Crippen LogP contribution < -0.4 is 10.6 Å². The van der Waals surface area contributed by atoms with E-state index < -0.39 is 20.7 Å². The molecule has 1 aliphatic rings. The summed E-state index contributed by atoms with van der Waals surface area (Å²) in [6.07, 6.45) is -0.515. The second kappa shape index (κ2) is 7.94. The van der Waals surface area contributed by atoms with Crippen LogP contribution in [0.5, 0.6) is 0 Å². The minimum atomic E-state index is -3.09. The number of guanidine groups is 1. The van der Waals surface area contributed by atoms with Crippen LogP contribution in [0.15, 0.2) is 29.3 Å². The first-order chi connectivity index (χ1) is 12.2. The van der Waals surface area contributed by atoms with Crippen LogP contribution in [0, 0.1) is 0 Å². The molecule has 0 aliphatic carbocycles. The Kier molecular flexibility index (Phi) is 6.12. The standard InChI is InChI=1S/C17H26N4O4S/c1-17(2)12-21(9-10-26(17,23)24)15(18-3)19-11-13-5-7-14(8-6-13)20-16(22)25-4/h5-8H,9-12H2,1-4H3,(H,18,19)(H,20,22). The molecule has 1 aromatic carbocycles. The average Bonchev–Trinajstić information content (AvgIpc) is 2.59. The third-order valence-electron chi connectivity index (χ3n) is 4.39. The molecular formula is C17H26N4O4S. The van der Waals surface area contributed by atoms with E-state index in [1.165, 1.54) is 7.11 Å². The number of benzene rings is 1. The summed E-state index contributed by atoms with van der Waals surface area (Å²) < 4.78 is 28.0. The second-order valence-electron chi connectivity index (χ2n) is 6.71. The Balaban J connectivity index is 1.96. The smallest absolute Gasteiger partial charge is 0.411 e. The summed E-state index contributed by atoms with van der Waals surface area (Å²) in [7, 11) is -0.0947. The Hall–Kier alpha value is -2.29. The average molecular weight is 382 g/mol. The number of carbonyl (C=O) groups is 1. The van der Waals surface area contributed by atoms with Crippen LogP contribution in [0.3, 0.4) is 0 Å². The van der Waals surface area contributed by atoms with Crippen molar-refractivity contribution >= 4 is 27.6 Å². The fourth-order valence-electron chi connectivity index (χ4n) is 2.71. The number of rotatable bonds is 3. The van der Waals surface area contributed by atoms with Crippen molar-refractivity contribution in [3.05, 3.63) is 29.8 Å². The summed E-state index contributed by atoms with van der Waals surface area (Å²) in [5.41, 5.74) is 1.65. The van der Waals surface area contributed by atoms with Crippen LogP contribution in [-0.4, -0.2) is 63.1 Å². The molecule has 1 fully saturated rings. The number of aliphatic imine (C=N–C) groups is 1. The van der Waals surface area contributed by atoms with Gasteiger partial charge in [0.1, 0.15) is 0 Å². The van der Waals surface area contributed by atoms with Crippen molar-refractivity contribution in [3.8, 4) is 0 Å². The van der Waals surface area contributed by atoms with E-state index in [1.807, 2.05) is 17.0 Å². The second-order valence-corrected chi connectivity index (χ2v) is 9.46. The van der Waals surface area contributed by atoms with Crippen LogP contribution in [-0.2, 0) is 21.1 Å². The van der Waals surface area contributed by atoms with Gasteiger partial charge in [-0.05, 0) is 31.5 Å². The molecular weight excluding hydrogens is 356 g/mol. The fraction of sp³-hybridized carbons (Fsp3) is 0.529. The van der Waals surface area contributed by atoms with Crippen LogP contribution in [0.2, 0.25) is 0 Å². The van der Waals surface area contributed by atoms with Crippen molar-refractivity contribution < 1.29 is 17.9 Å². The number of nitrogens with one attached hydrogen (secondary N) is 2. The van der Waals surface area contributed by atoms with Gasteiger partial charge in [-0.2, -0.15) is 0 Å². The first-order valence-corrected chi connectivity index (χ1v) is 9.95. The highest BCUT2D eigenvalue weighted by Gasteiger charge is 2.40. The van der Waals surface area contributed by atoms with Gasteiger partial charge in [0.05, 0.1) is 17.6 Å². The predicted octanol–water partition coefficient (Wildman–Crippen LogP) is 1.45. The number of hydrogen-bond donors (Lipinski definition) is 2. The zero-order valence-corrected chi connectivity index (χ0v) is 16.4. The highest BCUT2D eigenvalue weighted by atomic mass is 32.2.